The van der Waals surface area contributed by atoms with Gasteiger partial charge in [-0.1, -0.05) is 29.3 Å². The van der Waals surface area contributed by atoms with Gasteiger partial charge in [0.15, 0.2) is 0 Å². The third-order valence-corrected chi connectivity index (χ3v) is 5.57. The third-order valence-electron chi connectivity index (χ3n) is 3.48. The number of carbonyl (C=O) groups is 1. The van der Waals surface area contributed by atoms with Crippen molar-refractivity contribution in [2.75, 3.05) is 10.8 Å². The number of halogens is 1. The summed E-state index contributed by atoms with van der Waals surface area (Å²) in [5.41, 5.74) is 1.51. The maximum Gasteiger partial charge on any atom is 0.303 e. The Hall–Kier alpha value is -2.05. The quantitative estimate of drug-likeness (QED) is 0.809. The summed E-state index contributed by atoms with van der Waals surface area (Å²) in [4.78, 5) is 10.9. The standard InChI is InChI=1S/C17H18ClNO4S/c1-13-4-8-15(9-5-13)19(12-2-3-17(20)21)24(22,23)16-10-6-14(18)7-11-16/h4-11H,2-3,12H2,1H3,(H,20,21). The number of carboxylic acid groups (broad SMARTS) is 1. The van der Waals surface area contributed by atoms with Gasteiger partial charge in [-0.25, -0.2) is 8.42 Å². The predicted octanol–water partition coefficient (Wildman–Crippen LogP) is 3.71. The Morgan fingerprint density at radius 3 is 2.21 bits per heavy atom. The Kier molecular flexibility index (Phi) is 5.85. The third kappa shape index (κ3) is 4.49. The van der Waals surface area contributed by atoms with Gasteiger partial charge >= 0.3 is 5.97 Å². The Morgan fingerprint density at radius 1 is 1.08 bits per heavy atom. The SMILES string of the molecule is Cc1ccc(N(CCCC(=O)O)S(=O)(=O)c2ccc(Cl)cc2)cc1. The number of sulfonamides is 1. The van der Waals surface area contributed by atoms with Crippen molar-refractivity contribution < 1.29 is 18.3 Å². The summed E-state index contributed by atoms with van der Waals surface area (Å²) in [5.74, 6) is -0.956. The average molecular weight is 368 g/mol. The second kappa shape index (κ2) is 7.68. The molecule has 0 spiro atoms. The summed E-state index contributed by atoms with van der Waals surface area (Å²) in [7, 11) is -3.80. The van der Waals surface area contributed by atoms with Crippen LogP contribution in [0.4, 0.5) is 5.69 Å². The lowest BCUT2D eigenvalue weighted by Crippen LogP contribution is -2.32. The van der Waals surface area contributed by atoms with Gasteiger partial charge in [-0.3, -0.25) is 9.10 Å². The van der Waals surface area contributed by atoms with E-state index in [0.29, 0.717) is 10.7 Å². The zero-order valence-corrected chi connectivity index (χ0v) is 14.7. The summed E-state index contributed by atoms with van der Waals surface area (Å²) in [5, 5.41) is 9.25. The van der Waals surface area contributed by atoms with Crippen LogP contribution in [0, 0.1) is 6.92 Å². The summed E-state index contributed by atoms with van der Waals surface area (Å²) < 4.78 is 27.1. The van der Waals surface area contributed by atoms with Gasteiger partial charge in [0.2, 0.25) is 0 Å². The molecule has 128 valence electrons. The lowest BCUT2D eigenvalue weighted by molar-refractivity contribution is -0.137. The molecule has 0 fully saturated rings. The van der Waals surface area contributed by atoms with Crippen LogP contribution >= 0.6 is 11.6 Å². The molecule has 0 heterocycles. The smallest absolute Gasteiger partial charge is 0.303 e. The van der Waals surface area contributed by atoms with E-state index < -0.39 is 16.0 Å². The van der Waals surface area contributed by atoms with Gasteiger partial charge in [0.05, 0.1) is 10.6 Å². The van der Waals surface area contributed by atoms with E-state index in [-0.39, 0.29) is 24.3 Å². The first-order chi connectivity index (χ1) is 11.3. The van der Waals surface area contributed by atoms with Crippen LogP contribution in [0.2, 0.25) is 5.02 Å². The van der Waals surface area contributed by atoms with Crippen LogP contribution in [0.5, 0.6) is 0 Å². The minimum atomic E-state index is -3.80. The molecular weight excluding hydrogens is 350 g/mol. The second-order valence-corrected chi connectivity index (χ2v) is 7.66. The van der Waals surface area contributed by atoms with E-state index in [1.165, 1.54) is 28.6 Å². The van der Waals surface area contributed by atoms with Gasteiger partial charge in [0, 0.05) is 18.0 Å². The van der Waals surface area contributed by atoms with Crippen molar-refractivity contribution in [3.05, 3.63) is 59.1 Å². The van der Waals surface area contributed by atoms with Crippen molar-refractivity contribution in [1.29, 1.82) is 0 Å². The van der Waals surface area contributed by atoms with Gasteiger partial charge in [-0.15, -0.1) is 0 Å². The molecule has 0 aliphatic carbocycles. The molecule has 0 aliphatic heterocycles. The van der Waals surface area contributed by atoms with E-state index in [9.17, 15) is 13.2 Å². The van der Waals surface area contributed by atoms with E-state index in [2.05, 4.69) is 0 Å². The molecule has 2 aromatic carbocycles. The second-order valence-electron chi connectivity index (χ2n) is 5.36. The molecule has 0 radical (unpaired) electrons. The van der Waals surface area contributed by atoms with Gasteiger partial charge < -0.3 is 5.11 Å². The highest BCUT2D eigenvalue weighted by molar-refractivity contribution is 7.92. The van der Waals surface area contributed by atoms with E-state index in [4.69, 9.17) is 16.7 Å². The lowest BCUT2D eigenvalue weighted by atomic mass is 10.2. The Labute approximate surface area is 146 Å². The summed E-state index contributed by atoms with van der Waals surface area (Å²) in [6, 6.07) is 13.0. The highest BCUT2D eigenvalue weighted by Crippen LogP contribution is 2.25. The van der Waals surface area contributed by atoms with Crippen LogP contribution < -0.4 is 4.31 Å². The number of aliphatic carboxylic acids is 1. The van der Waals surface area contributed by atoms with Crippen molar-refractivity contribution in [3.63, 3.8) is 0 Å². The largest absolute Gasteiger partial charge is 0.481 e. The average Bonchev–Trinajstić information content (AvgIpc) is 2.53. The molecule has 0 unspecified atom stereocenters. The van der Waals surface area contributed by atoms with Gasteiger partial charge in [0.1, 0.15) is 0 Å². The van der Waals surface area contributed by atoms with Gasteiger partial charge in [-0.05, 0) is 49.7 Å². The number of rotatable bonds is 7. The molecule has 24 heavy (non-hydrogen) atoms. The lowest BCUT2D eigenvalue weighted by Gasteiger charge is -2.24. The van der Waals surface area contributed by atoms with Crippen molar-refractivity contribution in [3.8, 4) is 0 Å². The predicted molar refractivity (Wildman–Crippen MR) is 94.0 cm³/mol. The molecule has 5 nitrogen and oxygen atoms in total. The molecule has 0 saturated heterocycles. The van der Waals surface area contributed by atoms with Gasteiger partial charge in [0.25, 0.3) is 10.0 Å². The van der Waals surface area contributed by atoms with Crippen LogP contribution in [0.3, 0.4) is 0 Å². The topological polar surface area (TPSA) is 74.7 Å². The van der Waals surface area contributed by atoms with E-state index in [1.54, 1.807) is 12.1 Å². The van der Waals surface area contributed by atoms with Crippen LogP contribution in [0.25, 0.3) is 0 Å². The molecular formula is C17H18ClNO4S. The first kappa shape index (κ1) is 18.3. The molecule has 0 aromatic heterocycles. The van der Waals surface area contributed by atoms with E-state index in [1.807, 2.05) is 19.1 Å². The highest BCUT2D eigenvalue weighted by atomic mass is 35.5. The number of hydrogen-bond donors (Lipinski definition) is 1. The maximum absolute atomic E-state index is 12.9. The molecule has 2 aromatic rings. The number of anilines is 1. The molecule has 7 heteroatoms. The molecule has 0 saturated carbocycles. The molecule has 1 N–H and O–H groups in total. The van der Waals surface area contributed by atoms with Crippen LogP contribution in [-0.2, 0) is 14.8 Å². The van der Waals surface area contributed by atoms with Crippen molar-refractivity contribution in [1.82, 2.24) is 0 Å². The Morgan fingerprint density at radius 2 is 1.67 bits per heavy atom. The summed E-state index contributed by atoms with van der Waals surface area (Å²) in [6.07, 6.45) is 0.120. The zero-order valence-electron chi connectivity index (χ0n) is 13.1. The number of carboxylic acids is 1. The molecule has 2 rings (SSSR count). The first-order valence-electron chi connectivity index (χ1n) is 7.37. The molecule has 0 aliphatic rings. The van der Waals surface area contributed by atoms with Gasteiger partial charge in [-0.2, -0.15) is 0 Å². The molecule has 0 amide bonds. The number of benzene rings is 2. The van der Waals surface area contributed by atoms with Crippen LogP contribution in [0.1, 0.15) is 18.4 Å². The van der Waals surface area contributed by atoms with Crippen molar-refractivity contribution >= 4 is 33.3 Å². The van der Waals surface area contributed by atoms with E-state index >= 15 is 0 Å². The minimum Gasteiger partial charge on any atom is -0.481 e. The number of hydrogen-bond acceptors (Lipinski definition) is 3. The fourth-order valence-corrected chi connectivity index (χ4v) is 3.84. The van der Waals surface area contributed by atoms with Crippen molar-refractivity contribution in [2.24, 2.45) is 0 Å². The number of nitrogens with zero attached hydrogens (tertiary/aromatic N) is 1. The highest BCUT2D eigenvalue weighted by Gasteiger charge is 2.24. The fourth-order valence-electron chi connectivity index (χ4n) is 2.21. The zero-order chi connectivity index (χ0) is 17.7. The Bertz CT molecular complexity index is 801. The monoisotopic (exact) mass is 367 g/mol. The van der Waals surface area contributed by atoms with Crippen molar-refractivity contribution in [2.45, 2.75) is 24.7 Å². The fraction of sp³-hybridized carbons (Fsp3) is 0.235. The van der Waals surface area contributed by atoms with Crippen LogP contribution in [-0.4, -0.2) is 26.0 Å². The summed E-state index contributed by atoms with van der Waals surface area (Å²) in [6.45, 7) is 1.99. The summed E-state index contributed by atoms with van der Waals surface area (Å²) >= 11 is 5.82. The molecule has 0 bridgehead atoms. The maximum atomic E-state index is 12.9. The normalized spacial score (nSPS) is 11.2. The van der Waals surface area contributed by atoms with Crippen LogP contribution in [0.15, 0.2) is 53.4 Å². The molecule has 0 atom stereocenters. The Balaban J connectivity index is 2.38. The first-order valence-corrected chi connectivity index (χ1v) is 9.19. The number of aryl methyl sites for hydroxylation is 1. The minimum absolute atomic E-state index is 0.0837. The van der Waals surface area contributed by atoms with E-state index in [0.717, 1.165) is 5.56 Å².